The maximum atomic E-state index is 5.85. The van der Waals surface area contributed by atoms with Crippen LogP contribution in [0.4, 0.5) is 0 Å². The summed E-state index contributed by atoms with van der Waals surface area (Å²) in [5.41, 5.74) is 0.0267. The molecule has 2 aliphatic rings. The SMILES string of the molecule is CNC1CCCCCCC1N1CCOC(C)(C)C1. The summed E-state index contributed by atoms with van der Waals surface area (Å²) in [7, 11) is 2.13. The largest absolute Gasteiger partial charge is 0.373 e. The van der Waals surface area contributed by atoms with Gasteiger partial charge in [-0.05, 0) is 33.7 Å². The first-order valence-electron chi connectivity index (χ1n) is 7.68. The van der Waals surface area contributed by atoms with E-state index in [-0.39, 0.29) is 5.60 Å². The van der Waals surface area contributed by atoms with E-state index in [0.29, 0.717) is 12.1 Å². The second kappa shape index (κ2) is 6.36. The van der Waals surface area contributed by atoms with E-state index >= 15 is 0 Å². The van der Waals surface area contributed by atoms with E-state index in [0.717, 1.165) is 19.7 Å². The fraction of sp³-hybridized carbons (Fsp3) is 1.00. The summed E-state index contributed by atoms with van der Waals surface area (Å²) in [6, 6.07) is 1.37. The molecule has 0 amide bonds. The standard InChI is InChI=1S/C15H30N2O/c1-15(2)12-17(10-11-18-15)14-9-7-5-4-6-8-13(14)16-3/h13-14,16H,4-12H2,1-3H3. The van der Waals surface area contributed by atoms with Crippen LogP contribution in [0.3, 0.4) is 0 Å². The van der Waals surface area contributed by atoms with Crippen LogP contribution in [0.5, 0.6) is 0 Å². The molecule has 0 radical (unpaired) electrons. The summed E-state index contributed by atoms with van der Waals surface area (Å²) in [6.45, 7) is 7.51. The van der Waals surface area contributed by atoms with Crippen molar-refractivity contribution in [1.29, 1.82) is 0 Å². The van der Waals surface area contributed by atoms with Gasteiger partial charge in [0.2, 0.25) is 0 Å². The lowest BCUT2D eigenvalue weighted by Crippen LogP contribution is -2.57. The average molecular weight is 254 g/mol. The van der Waals surface area contributed by atoms with Crippen molar-refractivity contribution >= 4 is 0 Å². The van der Waals surface area contributed by atoms with Gasteiger partial charge in [-0.1, -0.05) is 25.7 Å². The van der Waals surface area contributed by atoms with Crippen LogP contribution in [-0.4, -0.2) is 49.3 Å². The average Bonchev–Trinajstić information content (AvgIpc) is 2.27. The van der Waals surface area contributed by atoms with E-state index < -0.39 is 0 Å². The highest BCUT2D eigenvalue weighted by Crippen LogP contribution is 2.26. The van der Waals surface area contributed by atoms with E-state index in [2.05, 4.69) is 31.1 Å². The molecule has 1 N–H and O–H groups in total. The Morgan fingerprint density at radius 2 is 1.83 bits per heavy atom. The molecule has 0 aromatic carbocycles. The van der Waals surface area contributed by atoms with Crippen LogP contribution >= 0.6 is 0 Å². The predicted octanol–water partition coefficient (Wildman–Crippen LogP) is 2.41. The molecule has 3 nitrogen and oxygen atoms in total. The number of rotatable bonds is 2. The van der Waals surface area contributed by atoms with Crippen molar-refractivity contribution in [3.63, 3.8) is 0 Å². The molecule has 2 unspecified atom stereocenters. The van der Waals surface area contributed by atoms with Crippen LogP contribution in [0.1, 0.15) is 52.4 Å². The summed E-state index contributed by atoms with van der Waals surface area (Å²) in [5.74, 6) is 0. The minimum Gasteiger partial charge on any atom is -0.373 e. The van der Waals surface area contributed by atoms with E-state index in [4.69, 9.17) is 4.74 Å². The first-order chi connectivity index (χ1) is 8.62. The smallest absolute Gasteiger partial charge is 0.0753 e. The molecule has 1 heterocycles. The van der Waals surface area contributed by atoms with Crippen molar-refractivity contribution in [2.45, 2.75) is 70.1 Å². The van der Waals surface area contributed by atoms with Gasteiger partial charge in [0, 0.05) is 25.2 Å². The summed E-state index contributed by atoms with van der Waals surface area (Å²) in [5, 5.41) is 3.56. The molecule has 2 rings (SSSR count). The molecule has 2 atom stereocenters. The number of nitrogens with one attached hydrogen (secondary N) is 1. The van der Waals surface area contributed by atoms with Gasteiger partial charge in [0.25, 0.3) is 0 Å². The van der Waals surface area contributed by atoms with Gasteiger partial charge < -0.3 is 10.1 Å². The van der Waals surface area contributed by atoms with Crippen LogP contribution < -0.4 is 5.32 Å². The quantitative estimate of drug-likeness (QED) is 0.819. The molecule has 0 aromatic heterocycles. The number of ether oxygens (including phenoxy) is 1. The number of hydrogen-bond donors (Lipinski definition) is 1. The van der Waals surface area contributed by atoms with Crippen LogP contribution in [0.15, 0.2) is 0 Å². The van der Waals surface area contributed by atoms with Crippen LogP contribution in [0.2, 0.25) is 0 Å². The van der Waals surface area contributed by atoms with Crippen LogP contribution in [0, 0.1) is 0 Å². The fourth-order valence-electron chi connectivity index (χ4n) is 3.57. The lowest BCUT2D eigenvalue weighted by molar-refractivity contribution is -0.102. The molecule has 1 aliphatic carbocycles. The van der Waals surface area contributed by atoms with E-state index in [9.17, 15) is 0 Å². The minimum atomic E-state index is 0.0267. The summed E-state index contributed by atoms with van der Waals surface area (Å²) >= 11 is 0. The van der Waals surface area contributed by atoms with Gasteiger partial charge in [-0.2, -0.15) is 0 Å². The predicted molar refractivity (Wildman–Crippen MR) is 75.9 cm³/mol. The van der Waals surface area contributed by atoms with Crippen molar-refractivity contribution in [2.24, 2.45) is 0 Å². The van der Waals surface area contributed by atoms with Gasteiger partial charge in [0.1, 0.15) is 0 Å². The molecule has 0 aromatic rings. The van der Waals surface area contributed by atoms with Gasteiger partial charge in [-0.3, -0.25) is 4.90 Å². The molecular formula is C15H30N2O. The van der Waals surface area contributed by atoms with Crippen molar-refractivity contribution in [3.8, 4) is 0 Å². The number of hydrogen-bond acceptors (Lipinski definition) is 3. The zero-order valence-electron chi connectivity index (χ0n) is 12.4. The third-order valence-corrected chi connectivity index (χ3v) is 4.52. The molecule has 0 bridgehead atoms. The number of likely N-dealkylation sites (N-methyl/N-ethyl adjacent to an activating group) is 1. The summed E-state index contributed by atoms with van der Waals surface area (Å²) < 4.78 is 5.85. The first kappa shape index (κ1) is 14.3. The van der Waals surface area contributed by atoms with E-state index in [1.165, 1.54) is 38.5 Å². The zero-order chi connectivity index (χ0) is 13.0. The topological polar surface area (TPSA) is 24.5 Å². The molecule has 106 valence electrons. The highest BCUT2D eigenvalue weighted by molar-refractivity contribution is 4.90. The Labute approximate surface area is 112 Å². The third kappa shape index (κ3) is 3.69. The summed E-state index contributed by atoms with van der Waals surface area (Å²) in [6.07, 6.45) is 8.29. The van der Waals surface area contributed by atoms with Gasteiger partial charge in [-0.25, -0.2) is 0 Å². The number of morpholine rings is 1. The fourth-order valence-corrected chi connectivity index (χ4v) is 3.57. The Balaban J connectivity index is 2.01. The number of nitrogens with zero attached hydrogens (tertiary/aromatic N) is 1. The summed E-state index contributed by atoms with van der Waals surface area (Å²) in [4.78, 5) is 2.68. The second-order valence-corrected chi connectivity index (χ2v) is 6.53. The molecule has 3 heteroatoms. The highest BCUT2D eigenvalue weighted by Gasteiger charge is 2.34. The van der Waals surface area contributed by atoms with Gasteiger partial charge in [-0.15, -0.1) is 0 Å². The Bertz CT molecular complexity index is 255. The van der Waals surface area contributed by atoms with Crippen molar-refractivity contribution in [2.75, 3.05) is 26.7 Å². The molecule has 1 saturated carbocycles. The lowest BCUT2D eigenvalue weighted by atomic mass is 9.90. The van der Waals surface area contributed by atoms with Gasteiger partial charge in [0.05, 0.1) is 12.2 Å². The molecule has 1 saturated heterocycles. The minimum absolute atomic E-state index is 0.0267. The van der Waals surface area contributed by atoms with Crippen molar-refractivity contribution in [3.05, 3.63) is 0 Å². The Kier molecular flexibility index (Phi) is 5.05. The van der Waals surface area contributed by atoms with Crippen molar-refractivity contribution in [1.82, 2.24) is 10.2 Å². The zero-order valence-corrected chi connectivity index (χ0v) is 12.4. The molecular weight excluding hydrogens is 224 g/mol. The molecule has 18 heavy (non-hydrogen) atoms. The van der Waals surface area contributed by atoms with Crippen LogP contribution in [-0.2, 0) is 4.74 Å². The normalized spacial score (nSPS) is 34.8. The van der Waals surface area contributed by atoms with Gasteiger partial charge in [0.15, 0.2) is 0 Å². The highest BCUT2D eigenvalue weighted by atomic mass is 16.5. The Morgan fingerprint density at radius 1 is 1.11 bits per heavy atom. The molecule has 1 aliphatic heterocycles. The van der Waals surface area contributed by atoms with E-state index in [1.54, 1.807) is 0 Å². The lowest BCUT2D eigenvalue weighted by Gasteiger charge is -2.45. The Morgan fingerprint density at radius 3 is 2.50 bits per heavy atom. The van der Waals surface area contributed by atoms with Gasteiger partial charge >= 0.3 is 0 Å². The second-order valence-electron chi connectivity index (χ2n) is 6.53. The first-order valence-corrected chi connectivity index (χ1v) is 7.68. The Hall–Kier alpha value is -0.120. The molecule has 2 fully saturated rings. The maximum absolute atomic E-state index is 5.85. The third-order valence-electron chi connectivity index (χ3n) is 4.52. The van der Waals surface area contributed by atoms with Crippen molar-refractivity contribution < 1.29 is 4.74 Å². The monoisotopic (exact) mass is 254 g/mol. The maximum Gasteiger partial charge on any atom is 0.0753 e. The molecule has 0 spiro atoms. The van der Waals surface area contributed by atoms with E-state index in [1.807, 2.05) is 0 Å². The van der Waals surface area contributed by atoms with Crippen LogP contribution in [0.25, 0.3) is 0 Å².